The zero-order valence-electron chi connectivity index (χ0n) is 17.0. The van der Waals surface area contributed by atoms with Crippen molar-refractivity contribution in [2.24, 2.45) is 0 Å². The van der Waals surface area contributed by atoms with Gasteiger partial charge in [0.1, 0.15) is 4.21 Å². The van der Waals surface area contributed by atoms with E-state index in [1.807, 2.05) is 60.8 Å². The first-order valence-electron chi connectivity index (χ1n) is 9.88. The van der Waals surface area contributed by atoms with Crippen LogP contribution in [0, 0.1) is 0 Å². The highest BCUT2D eigenvalue weighted by Crippen LogP contribution is 2.31. The Balaban J connectivity index is 1.59. The molecule has 3 N–H and O–H groups in total. The normalized spacial score (nSPS) is 12.7. The molecule has 0 aliphatic carbocycles. The van der Waals surface area contributed by atoms with Gasteiger partial charge in [0.25, 0.3) is 0 Å². The largest absolute Gasteiger partial charge is 0.361 e. The molecular formula is C23H23N3O3S2. The number of fused-ring (bicyclic) bond motifs is 1. The van der Waals surface area contributed by atoms with Crippen LogP contribution in [0.1, 0.15) is 28.8 Å². The first-order chi connectivity index (χ1) is 14.9. The van der Waals surface area contributed by atoms with E-state index in [-0.39, 0.29) is 22.6 Å². The van der Waals surface area contributed by atoms with Gasteiger partial charge in [-0.3, -0.25) is 4.79 Å². The summed E-state index contributed by atoms with van der Waals surface area (Å²) in [4.78, 5) is 15.2. The van der Waals surface area contributed by atoms with Crippen LogP contribution in [0.2, 0.25) is 0 Å². The number of benzene rings is 2. The zero-order chi connectivity index (χ0) is 21.8. The molecule has 1 amide bonds. The Bertz CT molecular complexity index is 1290. The molecule has 31 heavy (non-hydrogen) atoms. The number of H-pyrrole nitrogens is 1. The Morgan fingerprint density at radius 3 is 2.55 bits per heavy atom. The van der Waals surface area contributed by atoms with Gasteiger partial charge < -0.3 is 10.3 Å². The fourth-order valence-corrected chi connectivity index (χ4v) is 5.94. The van der Waals surface area contributed by atoms with Crippen molar-refractivity contribution in [2.45, 2.75) is 23.6 Å². The van der Waals surface area contributed by atoms with Crippen LogP contribution in [0.4, 0.5) is 0 Å². The molecule has 0 saturated carbocycles. The Labute approximate surface area is 185 Å². The Kier molecular flexibility index (Phi) is 6.22. The van der Waals surface area contributed by atoms with Crippen LogP contribution in [-0.2, 0) is 21.4 Å². The quantitative estimate of drug-likeness (QED) is 0.377. The molecule has 0 radical (unpaired) electrons. The van der Waals surface area contributed by atoms with Gasteiger partial charge in [0.15, 0.2) is 0 Å². The highest BCUT2D eigenvalue weighted by atomic mass is 32.2. The summed E-state index contributed by atoms with van der Waals surface area (Å²) in [5.41, 5.74) is 3.09. The van der Waals surface area contributed by atoms with Gasteiger partial charge in [-0.25, -0.2) is 13.1 Å². The van der Waals surface area contributed by atoms with Gasteiger partial charge in [-0.1, -0.05) is 48.5 Å². The molecule has 0 saturated heterocycles. The van der Waals surface area contributed by atoms with Crippen LogP contribution in [0.3, 0.4) is 0 Å². The van der Waals surface area contributed by atoms with Crippen LogP contribution in [0.15, 0.2) is 77.1 Å². The summed E-state index contributed by atoms with van der Waals surface area (Å²) in [6, 6.07) is 21.2. The Morgan fingerprint density at radius 2 is 1.77 bits per heavy atom. The van der Waals surface area contributed by atoms with Crippen molar-refractivity contribution in [1.29, 1.82) is 0 Å². The summed E-state index contributed by atoms with van der Waals surface area (Å²) in [5.74, 6) is -0.300. The van der Waals surface area contributed by atoms with Crippen molar-refractivity contribution < 1.29 is 13.2 Å². The smallest absolute Gasteiger partial charge is 0.250 e. The van der Waals surface area contributed by atoms with Crippen LogP contribution >= 0.6 is 11.3 Å². The molecule has 0 aliphatic rings. The molecule has 2 aromatic heterocycles. The molecular weight excluding hydrogens is 430 g/mol. The maximum atomic E-state index is 13.0. The SMILES string of the molecule is CC(=O)NCc1ccc(S(=O)(=O)NC[C@H](c2ccccc2)c2c[nH]c3ccccc23)s1. The lowest BCUT2D eigenvalue weighted by atomic mass is 9.91. The van der Waals surface area contributed by atoms with E-state index in [0.717, 1.165) is 38.2 Å². The number of para-hydroxylation sites is 1. The first-order valence-corrected chi connectivity index (χ1v) is 12.2. The first kappa shape index (κ1) is 21.3. The summed E-state index contributed by atoms with van der Waals surface area (Å²) in [5, 5.41) is 3.76. The minimum Gasteiger partial charge on any atom is -0.361 e. The number of carbonyl (C=O) groups is 1. The van der Waals surface area contributed by atoms with E-state index in [2.05, 4.69) is 15.0 Å². The topological polar surface area (TPSA) is 91.1 Å². The van der Waals surface area contributed by atoms with Crippen molar-refractivity contribution in [2.75, 3.05) is 6.54 Å². The number of aromatic nitrogens is 1. The lowest BCUT2D eigenvalue weighted by Gasteiger charge is -2.18. The van der Waals surface area contributed by atoms with E-state index in [0.29, 0.717) is 6.54 Å². The molecule has 8 heteroatoms. The second kappa shape index (κ2) is 9.05. The summed E-state index contributed by atoms with van der Waals surface area (Å²) >= 11 is 1.16. The predicted octanol–water partition coefficient (Wildman–Crippen LogP) is 3.98. The van der Waals surface area contributed by atoms with E-state index in [9.17, 15) is 13.2 Å². The van der Waals surface area contributed by atoms with Crippen molar-refractivity contribution in [3.8, 4) is 0 Å². The van der Waals surface area contributed by atoms with Gasteiger partial charge >= 0.3 is 0 Å². The molecule has 0 aliphatic heterocycles. The van der Waals surface area contributed by atoms with Crippen molar-refractivity contribution in [1.82, 2.24) is 15.0 Å². The van der Waals surface area contributed by atoms with Crippen LogP contribution in [-0.4, -0.2) is 25.9 Å². The minimum absolute atomic E-state index is 0.147. The summed E-state index contributed by atoms with van der Waals surface area (Å²) < 4.78 is 28.9. The number of amides is 1. The van der Waals surface area contributed by atoms with Crippen LogP contribution in [0.5, 0.6) is 0 Å². The fourth-order valence-electron chi connectivity index (χ4n) is 3.55. The molecule has 1 atom stereocenters. The summed E-state index contributed by atoms with van der Waals surface area (Å²) in [7, 11) is -3.68. The number of hydrogen-bond acceptors (Lipinski definition) is 4. The third-order valence-corrected chi connectivity index (χ3v) is 8.09. The number of sulfonamides is 1. The van der Waals surface area contributed by atoms with Gasteiger partial charge in [-0.05, 0) is 29.3 Å². The molecule has 2 heterocycles. The maximum Gasteiger partial charge on any atom is 0.250 e. The van der Waals surface area contributed by atoms with E-state index in [1.54, 1.807) is 12.1 Å². The van der Waals surface area contributed by atoms with Gasteiger partial charge in [0.2, 0.25) is 15.9 Å². The second-order valence-electron chi connectivity index (χ2n) is 7.24. The van der Waals surface area contributed by atoms with E-state index in [1.165, 1.54) is 6.92 Å². The second-order valence-corrected chi connectivity index (χ2v) is 10.4. The lowest BCUT2D eigenvalue weighted by molar-refractivity contribution is -0.119. The molecule has 0 bridgehead atoms. The Hall–Kier alpha value is -2.94. The summed E-state index contributed by atoms with van der Waals surface area (Å²) in [6.07, 6.45) is 1.95. The molecule has 0 unspecified atom stereocenters. The maximum absolute atomic E-state index is 13.0. The average molecular weight is 454 g/mol. The summed E-state index contributed by atoms with van der Waals surface area (Å²) in [6.45, 7) is 1.98. The number of carbonyl (C=O) groups excluding carboxylic acids is 1. The lowest BCUT2D eigenvalue weighted by Crippen LogP contribution is -2.28. The van der Waals surface area contributed by atoms with Crippen LogP contribution < -0.4 is 10.0 Å². The fraction of sp³-hybridized carbons (Fsp3) is 0.174. The zero-order valence-corrected chi connectivity index (χ0v) is 18.6. The van der Waals surface area contributed by atoms with E-state index < -0.39 is 10.0 Å². The van der Waals surface area contributed by atoms with Crippen molar-refractivity contribution in [3.63, 3.8) is 0 Å². The number of aromatic amines is 1. The number of hydrogen-bond donors (Lipinski definition) is 3. The third kappa shape index (κ3) is 4.87. The van der Waals surface area contributed by atoms with Crippen molar-refractivity contribution in [3.05, 3.63) is 88.9 Å². The molecule has 4 aromatic rings. The van der Waals surface area contributed by atoms with Gasteiger partial charge in [-0.15, -0.1) is 11.3 Å². The molecule has 0 fully saturated rings. The number of rotatable bonds is 8. The minimum atomic E-state index is -3.68. The van der Waals surface area contributed by atoms with Crippen molar-refractivity contribution >= 4 is 38.2 Å². The van der Waals surface area contributed by atoms with Gasteiger partial charge in [-0.2, -0.15) is 0 Å². The number of nitrogens with one attached hydrogen (secondary N) is 3. The monoisotopic (exact) mass is 453 g/mol. The van der Waals surface area contributed by atoms with Gasteiger partial charge in [0, 0.05) is 41.4 Å². The van der Waals surface area contributed by atoms with Gasteiger partial charge in [0.05, 0.1) is 6.54 Å². The molecule has 6 nitrogen and oxygen atoms in total. The van der Waals surface area contributed by atoms with E-state index >= 15 is 0 Å². The molecule has 2 aromatic carbocycles. The Morgan fingerprint density at radius 1 is 1.03 bits per heavy atom. The highest BCUT2D eigenvalue weighted by molar-refractivity contribution is 7.91. The molecule has 0 spiro atoms. The number of thiophene rings is 1. The average Bonchev–Trinajstić information content (AvgIpc) is 3.41. The predicted molar refractivity (Wildman–Crippen MR) is 124 cm³/mol. The molecule has 160 valence electrons. The van der Waals surface area contributed by atoms with Crippen LogP contribution in [0.25, 0.3) is 10.9 Å². The standard InChI is InChI=1S/C23H23N3O3S2/c1-16(27)24-13-18-11-12-23(30-18)31(28,29)26-15-20(17-7-3-2-4-8-17)21-14-25-22-10-6-5-9-19(21)22/h2-12,14,20,25-26H,13,15H2,1H3,(H,24,27)/t20-/m1/s1. The third-order valence-electron chi connectivity index (χ3n) is 5.09. The van der Waals surface area contributed by atoms with E-state index in [4.69, 9.17) is 0 Å². The highest BCUT2D eigenvalue weighted by Gasteiger charge is 2.23. The molecule has 4 rings (SSSR count).